The van der Waals surface area contributed by atoms with Gasteiger partial charge in [-0.25, -0.2) is 9.59 Å². The van der Waals surface area contributed by atoms with Gasteiger partial charge in [-0.05, 0) is 13.8 Å². The Kier molecular flexibility index (Phi) is 5.36. The summed E-state index contributed by atoms with van der Waals surface area (Å²) in [6.07, 6.45) is 0. The highest BCUT2D eigenvalue weighted by molar-refractivity contribution is 5.86. The second-order valence-corrected chi connectivity index (χ2v) is 2.83. The fraction of sp³-hybridized carbons (Fsp3) is 0.556. The number of likely N-dealkylation sites (N-methyl/N-ethyl adjacent to an activating group) is 1. The number of esters is 1. The van der Waals surface area contributed by atoms with Crippen molar-refractivity contribution in [1.82, 2.24) is 4.90 Å². The molecule has 0 atom stereocenters. The summed E-state index contributed by atoms with van der Waals surface area (Å²) in [5.74, 6) is -0.453. The number of primary amides is 1. The van der Waals surface area contributed by atoms with Crippen LogP contribution in [0.1, 0.15) is 13.8 Å². The van der Waals surface area contributed by atoms with Crippen LogP contribution in [0, 0.1) is 0 Å². The fourth-order valence-corrected chi connectivity index (χ4v) is 0.796. The van der Waals surface area contributed by atoms with Crippen LogP contribution >= 0.6 is 0 Å². The third kappa shape index (κ3) is 4.49. The fourth-order valence-electron chi connectivity index (χ4n) is 0.796. The Labute approximate surface area is 83.5 Å². The van der Waals surface area contributed by atoms with E-state index in [9.17, 15) is 9.59 Å². The number of hydrogen-bond acceptors (Lipinski definition) is 3. The van der Waals surface area contributed by atoms with E-state index in [1.165, 1.54) is 4.90 Å². The summed E-state index contributed by atoms with van der Waals surface area (Å²) in [6.45, 7) is 7.74. The van der Waals surface area contributed by atoms with Gasteiger partial charge in [-0.3, -0.25) is 0 Å². The predicted molar refractivity (Wildman–Crippen MR) is 52.6 cm³/mol. The molecule has 0 aliphatic carbocycles. The van der Waals surface area contributed by atoms with E-state index in [1.54, 1.807) is 13.8 Å². The molecule has 2 N–H and O–H groups in total. The first-order chi connectivity index (χ1) is 6.49. The molecule has 0 radical (unpaired) electrons. The van der Waals surface area contributed by atoms with E-state index in [0.717, 1.165) is 0 Å². The van der Waals surface area contributed by atoms with Gasteiger partial charge < -0.3 is 15.4 Å². The van der Waals surface area contributed by atoms with Crippen molar-refractivity contribution in [3.05, 3.63) is 12.2 Å². The zero-order chi connectivity index (χ0) is 11.1. The van der Waals surface area contributed by atoms with E-state index in [0.29, 0.717) is 18.7 Å². The average molecular weight is 200 g/mol. The average Bonchev–Trinajstić information content (AvgIpc) is 2.11. The van der Waals surface area contributed by atoms with Gasteiger partial charge in [0.25, 0.3) is 0 Å². The van der Waals surface area contributed by atoms with E-state index < -0.39 is 12.0 Å². The number of ether oxygens (including phenoxy) is 1. The third-order valence-corrected chi connectivity index (χ3v) is 1.64. The van der Waals surface area contributed by atoms with Crippen molar-refractivity contribution in [3.8, 4) is 0 Å². The van der Waals surface area contributed by atoms with Gasteiger partial charge >= 0.3 is 12.0 Å². The number of nitrogens with zero attached hydrogens (tertiary/aromatic N) is 1. The quantitative estimate of drug-likeness (QED) is 0.519. The number of nitrogens with two attached hydrogens (primary N) is 1. The Hall–Kier alpha value is -1.52. The summed E-state index contributed by atoms with van der Waals surface area (Å²) in [4.78, 5) is 23.0. The molecular formula is C9H16N2O3. The van der Waals surface area contributed by atoms with Crippen molar-refractivity contribution in [2.45, 2.75) is 13.8 Å². The smallest absolute Gasteiger partial charge is 0.333 e. The molecule has 0 saturated carbocycles. The predicted octanol–water partition coefficient (Wildman–Crippen LogP) is 0.506. The van der Waals surface area contributed by atoms with Crippen LogP contribution in [0.2, 0.25) is 0 Å². The van der Waals surface area contributed by atoms with Gasteiger partial charge in [0.1, 0.15) is 6.61 Å². The standard InChI is InChI=1S/C9H16N2O3/c1-4-11(9(10)13)5-6-14-8(12)7(2)3/h2,4-6H2,1,3H3,(H2,10,13). The Morgan fingerprint density at radius 2 is 2.07 bits per heavy atom. The summed E-state index contributed by atoms with van der Waals surface area (Å²) in [5.41, 5.74) is 5.39. The summed E-state index contributed by atoms with van der Waals surface area (Å²) in [6, 6.07) is -0.515. The lowest BCUT2D eigenvalue weighted by Gasteiger charge is -2.17. The van der Waals surface area contributed by atoms with Crippen LogP contribution in [0.5, 0.6) is 0 Å². The van der Waals surface area contributed by atoms with Gasteiger partial charge in [0.15, 0.2) is 0 Å². The maximum absolute atomic E-state index is 10.9. The van der Waals surface area contributed by atoms with Gasteiger partial charge in [-0.1, -0.05) is 6.58 Å². The lowest BCUT2D eigenvalue weighted by Crippen LogP contribution is -2.38. The SMILES string of the molecule is C=C(C)C(=O)OCCN(CC)C(N)=O. The molecular weight excluding hydrogens is 184 g/mol. The van der Waals surface area contributed by atoms with E-state index in [1.807, 2.05) is 0 Å². The largest absolute Gasteiger partial charge is 0.460 e. The van der Waals surface area contributed by atoms with Crippen LogP contribution in [0.25, 0.3) is 0 Å². The molecule has 0 fully saturated rings. The molecule has 0 aliphatic rings. The molecule has 0 spiro atoms. The Morgan fingerprint density at radius 3 is 2.43 bits per heavy atom. The summed E-state index contributed by atoms with van der Waals surface area (Å²) in [5, 5.41) is 0. The van der Waals surface area contributed by atoms with Gasteiger partial charge in [0, 0.05) is 12.1 Å². The van der Waals surface area contributed by atoms with Gasteiger partial charge in [0.2, 0.25) is 0 Å². The zero-order valence-corrected chi connectivity index (χ0v) is 8.58. The van der Waals surface area contributed by atoms with Crippen LogP contribution < -0.4 is 5.73 Å². The molecule has 0 rings (SSSR count). The van der Waals surface area contributed by atoms with Crippen molar-refractivity contribution < 1.29 is 14.3 Å². The minimum Gasteiger partial charge on any atom is -0.460 e. The van der Waals surface area contributed by atoms with Crippen LogP contribution in [0.3, 0.4) is 0 Å². The highest BCUT2D eigenvalue weighted by Gasteiger charge is 2.08. The maximum atomic E-state index is 10.9. The normalized spacial score (nSPS) is 9.29. The summed E-state index contributed by atoms with van der Waals surface area (Å²) in [7, 11) is 0. The maximum Gasteiger partial charge on any atom is 0.333 e. The Bertz CT molecular complexity index is 238. The molecule has 0 aromatic carbocycles. The molecule has 2 amide bonds. The molecule has 0 bridgehead atoms. The first kappa shape index (κ1) is 12.5. The molecule has 5 nitrogen and oxygen atoms in total. The van der Waals surface area contributed by atoms with Crippen LogP contribution in [0.4, 0.5) is 4.79 Å². The Morgan fingerprint density at radius 1 is 1.50 bits per heavy atom. The van der Waals surface area contributed by atoms with Gasteiger partial charge in [-0.15, -0.1) is 0 Å². The molecule has 5 heteroatoms. The molecule has 0 aromatic rings. The first-order valence-electron chi connectivity index (χ1n) is 4.36. The molecule has 0 unspecified atom stereocenters. The lowest BCUT2D eigenvalue weighted by atomic mass is 10.4. The molecule has 0 heterocycles. The minimum absolute atomic E-state index is 0.141. The number of rotatable bonds is 5. The van der Waals surface area contributed by atoms with Crippen LogP contribution in [-0.2, 0) is 9.53 Å². The van der Waals surface area contributed by atoms with E-state index in [-0.39, 0.29) is 6.61 Å². The highest BCUT2D eigenvalue weighted by atomic mass is 16.5. The second-order valence-electron chi connectivity index (χ2n) is 2.83. The molecule has 0 aromatic heterocycles. The first-order valence-corrected chi connectivity index (χ1v) is 4.36. The summed E-state index contributed by atoms with van der Waals surface area (Å²) < 4.78 is 4.80. The number of carbonyl (C=O) groups is 2. The van der Waals surface area contributed by atoms with Crippen molar-refractivity contribution in [1.29, 1.82) is 0 Å². The summed E-state index contributed by atoms with van der Waals surface area (Å²) >= 11 is 0. The van der Waals surface area contributed by atoms with Crippen molar-refractivity contribution in [3.63, 3.8) is 0 Å². The van der Waals surface area contributed by atoms with Crippen molar-refractivity contribution >= 4 is 12.0 Å². The minimum atomic E-state index is -0.515. The number of urea groups is 1. The molecule has 14 heavy (non-hydrogen) atoms. The number of carbonyl (C=O) groups excluding carboxylic acids is 2. The topological polar surface area (TPSA) is 72.6 Å². The molecule has 80 valence electrons. The third-order valence-electron chi connectivity index (χ3n) is 1.64. The molecule has 0 saturated heterocycles. The van der Waals surface area contributed by atoms with Crippen LogP contribution in [0.15, 0.2) is 12.2 Å². The van der Waals surface area contributed by atoms with E-state index >= 15 is 0 Å². The highest BCUT2D eigenvalue weighted by Crippen LogP contribution is 1.93. The number of amides is 2. The van der Waals surface area contributed by atoms with E-state index in [4.69, 9.17) is 10.5 Å². The molecule has 0 aliphatic heterocycles. The van der Waals surface area contributed by atoms with Crippen LogP contribution in [-0.4, -0.2) is 36.6 Å². The lowest BCUT2D eigenvalue weighted by molar-refractivity contribution is -0.139. The van der Waals surface area contributed by atoms with Gasteiger partial charge in [-0.2, -0.15) is 0 Å². The van der Waals surface area contributed by atoms with Crippen molar-refractivity contribution in [2.24, 2.45) is 5.73 Å². The zero-order valence-electron chi connectivity index (χ0n) is 8.58. The Balaban J connectivity index is 3.77. The van der Waals surface area contributed by atoms with Crippen molar-refractivity contribution in [2.75, 3.05) is 19.7 Å². The van der Waals surface area contributed by atoms with Gasteiger partial charge in [0.05, 0.1) is 6.54 Å². The monoisotopic (exact) mass is 200 g/mol. The van der Waals surface area contributed by atoms with E-state index in [2.05, 4.69) is 6.58 Å². The number of hydrogen-bond donors (Lipinski definition) is 1. The second kappa shape index (κ2) is 6.01.